The first-order chi connectivity index (χ1) is 8.88. The molecule has 0 saturated heterocycles. The molecule has 6 nitrogen and oxygen atoms in total. The van der Waals surface area contributed by atoms with Crippen molar-refractivity contribution < 1.29 is 8.42 Å². The van der Waals surface area contributed by atoms with E-state index in [2.05, 4.69) is 14.9 Å². The molecule has 0 unspecified atom stereocenters. The van der Waals surface area contributed by atoms with Crippen molar-refractivity contribution in [3.8, 4) is 0 Å². The van der Waals surface area contributed by atoms with Crippen molar-refractivity contribution in [3.05, 3.63) is 51.4 Å². The molecule has 0 aliphatic heterocycles. The Morgan fingerprint density at radius 2 is 1.89 bits per heavy atom. The number of hydrogen-bond donors (Lipinski definition) is 3. The van der Waals surface area contributed by atoms with Crippen LogP contribution in [0.2, 0.25) is 0 Å². The summed E-state index contributed by atoms with van der Waals surface area (Å²) in [4.78, 5) is 11.2. The summed E-state index contributed by atoms with van der Waals surface area (Å²) in [7, 11) is -3.58. The topological polar surface area (TPSA) is 94.8 Å². The van der Waals surface area contributed by atoms with Gasteiger partial charge in [-0.3, -0.25) is 9.89 Å². The minimum atomic E-state index is -3.58. The van der Waals surface area contributed by atoms with E-state index in [9.17, 15) is 13.2 Å². The Morgan fingerprint density at radius 1 is 1.16 bits per heavy atom. The third-order valence-corrected chi connectivity index (χ3v) is 4.29. The van der Waals surface area contributed by atoms with Crippen LogP contribution in [0.1, 0.15) is 16.8 Å². The number of nitrogens with one attached hydrogen (secondary N) is 3. The number of H-pyrrole nitrogens is 2. The molecule has 0 bridgehead atoms. The molecule has 1 aromatic heterocycles. The van der Waals surface area contributed by atoms with Gasteiger partial charge in [0.05, 0.1) is 17.1 Å². The molecule has 7 heteroatoms. The lowest BCUT2D eigenvalue weighted by atomic mass is 10.2. The lowest BCUT2D eigenvalue weighted by Gasteiger charge is -2.09. The highest BCUT2D eigenvalue weighted by atomic mass is 32.2. The smallest absolute Gasteiger partial charge is 0.264 e. The van der Waals surface area contributed by atoms with Crippen molar-refractivity contribution >= 4 is 10.0 Å². The maximum Gasteiger partial charge on any atom is 0.264 e. The van der Waals surface area contributed by atoms with Gasteiger partial charge in [0.25, 0.3) is 5.56 Å². The minimum absolute atomic E-state index is 0.0361. The average Bonchev–Trinajstić information content (AvgIpc) is 2.72. The van der Waals surface area contributed by atoms with Crippen LogP contribution in [0.3, 0.4) is 0 Å². The van der Waals surface area contributed by atoms with Gasteiger partial charge in [-0.05, 0) is 25.5 Å². The van der Waals surface area contributed by atoms with Gasteiger partial charge in [-0.2, -0.15) is 0 Å². The number of aromatic amines is 2. The molecule has 0 saturated carbocycles. The highest BCUT2D eigenvalue weighted by Crippen LogP contribution is 2.16. The SMILES string of the molecule is Cc1ccc(S(=O)(=O)NCc2cc(=O)[nH][nH]2)c(C)c1. The predicted molar refractivity (Wildman–Crippen MR) is 71.4 cm³/mol. The number of aryl methyl sites for hydroxylation is 2. The average molecular weight is 281 g/mol. The Kier molecular flexibility index (Phi) is 3.59. The standard InChI is InChI=1S/C12H15N3O3S/c1-8-3-4-11(9(2)5-8)19(17,18)13-7-10-6-12(16)15-14-10/h3-6,13H,7H2,1-2H3,(H2,14,15,16). The van der Waals surface area contributed by atoms with Crippen LogP contribution in [0.25, 0.3) is 0 Å². The van der Waals surface area contributed by atoms with E-state index in [0.29, 0.717) is 11.3 Å². The maximum absolute atomic E-state index is 12.1. The zero-order valence-electron chi connectivity index (χ0n) is 10.6. The zero-order valence-corrected chi connectivity index (χ0v) is 11.5. The largest absolute Gasteiger partial charge is 0.301 e. The zero-order chi connectivity index (χ0) is 14.0. The van der Waals surface area contributed by atoms with Crippen LogP contribution in [-0.2, 0) is 16.6 Å². The highest BCUT2D eigenvalue weighted by Gasteiger charge is 2.16. The molecule has 0 atom stereocenters. The van der Waals surface area contributed by atoms with E-state index in [4.69, 9.17) is 0 Å². The second-order valence-electron chi connectivity index (χ2n) is 4.38. The van der Waals surface area contributed by atoms with Gasteiger partial charge in [0.2, 0.25) is 10.0 Å². The number of rotatable bonds is 4. The molecular weight excluding hydrogens is 266 g/mol. The molecular formula is C12H15N3O3S. The van der Waals surface area contributed by atoms with Gasteiger partial charge < -0.3 is 5.10 Å². The first-order valence-corrected chi connectivity index (χ1v) is 7.20. The van der Waals surface area contributed by atoms with E-state index in [1.165, 1.54) is 6.07 Å². The maximum atomic E-state index is 12.1. The molecule has 0 amide bonds. The molecule has 1 aromatic carbocycles. The minimum Gasteiger partial charge on any atom is -0.301 e. The first kappa shape index (κ1) is 13.6. The summed E-state index contributed by atoms with van der Waals surface area (Å²) in [5.41, 5.74) is 1.89. The molecule has 1 heterocycles. The second-order valence-corrected chi connectivity index (χ2v) is 6.11. The van der Waals surface area contributed by atoms with Crippen LogP contribution in [0.4, 0.5) is 0 Å². The normalized spacial score (nSPS) is 11.7. The van der Waals surface area contributed by atoms with Crippen molar-refractivity contribution in [2.45, 2.75) is 25.3 Å². The van der Waals surface area contributed by atoms with Gasteiger partial charge in [0, 0.05) is 6.07 Å². The Bertz CT molecular complexity index is 744. The van der Waals surface area contributed by atoms with Gasteiger partial charge >= 0.3 is 0 Å². The van der Waals surface area contributed by atoms with Crippen LogP contribution in [0, 0.1) is 13.8 Å². The van der Waals surface area contributed by atoms with Gasteiger partial charge in [-0.15, -0.1) is 0 Å². The third kappa shape index (κ3) is 3.12. The Balaban J connectivity index is 2.20. The van der Waals surface area contributed by atoms with Crippen LogP contribution in [-0.4, -0.2) is 18.6 Å². The summed E-state index contributed by atoms with van der Waals surface area (Å²) >= 11 is 0. The summed E-state index contributed by atoms with van der Waals surface area (Å²) in [6.45, 7) is 3.69. The van der Waals surface area contributed by atoms with Crippen LogP contribution >= 0.6 is 0 Å². The lowest BCUT2D eigenvalue weighted by Crippen LogP contribution is -2.24. The molecule has 19 heavy (non-hydrogen) atoms. The Hall–Kier alpha value is -1.86. The summed E-state index contributed by atoms with van der Waals surface area (Å²) in [6, 6.07) is 6.45. The quantitative estimate of drug-likeness (QED) is 0.773. The second kappa shape index (κ2) is 5.02. The molecule has 0 aliphatic carbocycles. The molecule has 2 aromatic rings. The number of hydrogen-bond acceptors (Lipinski definition) is 3. The fourth-order valence-electron chi connectivity index (χ4n) is 1.82. The molecule has 3 N–H and O–H groups in total. The first-order valence-electron chi connectivity index (χ1n) is 5.72. The van der Waals surface area contributed by atoms with E-state index in [0.717, 1.165) is 5.56 Å². The fraction of sp³-hybridized carbons (Fsp3) is 0.250. The lowest BCUT2D eigenvalue weighted by molar-refractivity contribution is 0.579. The van der Waals surface area contributed by atoms with Gasteiger partial charge in [0.1, 0.15) is 0 Å². The number of sulfonamides is 1. The summed E-state index contributed by atoms with van der Waals surface area (Å²) in [6.07, 6.45) is 0. The molecule has 0 fully saturated rings. The van der Waals surface area contributed by atoms with Gasteiger partial charge in [0.15, 0.2) is 0 Å². The van der Waals surface area contributed by atoms with Crippen molar-refractivity contribution in [2.24, 2.45) is 0 Å². The molecule has 2 rings (SSSR count). The van der Waals surface area contributed by atoms with E-state index < -0.39 is 10.0 Å². The molecule has 0 spiro atoms. The van der Waals surface area contributed by atoms with E-state index in [1.54, 1.807) is 19.1 Å². The van der Waals surface area contributed by atoms with Crippen LogP contribution in [0.5, 0.6) is 0 Å². The van der Waals surface area contributed by atoms with E-state index in [1.807, 2.05) is 13.0 Å². The monoisotopic (exact) mass is 281 g/mol. The van der Waals surface area contributed by atoms with E-state index in [-0.39, 0.29) is 17.0 Å². The van der Waals surface area contributed by atoms with Crippen LogP contribution < -0.4 is 10.3 Å². The molecule has 0 aliphatic rings. The van der Waals surface area contributed by atoms with Crippen molar-refractivity contribution in [1.29, 1.82) is 0 Å². The van der Waals surface area contributed by atoms with E-state index >= 15 is 0 Å². The molecule has 102 valence electrons. The fourth-order valence-corrected chi connectivity index (χ4v) is 3.05. The third-order valence-electron chi connectivity index (χ3n) is 2.72. The molecule has 0 radical (unpaired) electrons. The van der Waals surface area contributed by atoms with Gasteiger partial charge in [-0.1, -0.05) is 17.7 Å². The van der Waals surface area contributed by atoms with Crippen LogP contribution in [0.15, 0.2) is 34.0 Å². The predicted octanol–water partition coefficient (Wildman–Crippen LogP) is 0.798. The van der Waals surface area contributed by atoms with Crippen molar-refractivity contribution in [1.82, 2.24) is 14.9 Å². The van der Waals surface area contributed by atoms with Crippen molar-refractivity contribution in [3.63, 3.8) is 0 Å². The number of benzene rings is 1. The Labute approximate surface area is 110 Å². The highest BCUT2D eigenvalue weighted by molar-refractivity contribution is 7.89. The van der Waals surface area contributed by atoms with Crippen molar-refractivity contribution in [2.75, 3.05) is 0 Å². The number of aromatic nitrogens is 2. The summed E-state index contributed by atoms with van der Waals surface area (Å²) < 4.78 is 26.7. The Morgan fingerprint density at radius 3 is 2.47 bits per heavy atom. The summed E-state index contributed by atoms with van der Waals surface area (Å²) in [5, 5.41) is 4.94. The summed E-state index contributed by atoms with van der Waals surface area (Å²) in [5.74, 6) is 0. The van der Waals surface area contributed by atoms with Gasteiger partial charge in [-0.25, -0.2) is 13.1 Å².